The van der Waals surface area contributed by atoms with Gasteiger partial charge in [0, 0.05) is 5.56 Å². The molecule has 0 spiro atoms. The van der Waals surface area contributed by atoms with E-state index in [1.54, 1.807) is 30.3 Å². The Bertz CT molecular complexity index is 808. The average molecular weight is 317 g/mol. The molecule has 0 aromatic heterocycles. The number of hydrogen-bond donors (Lipinski definition) is 0. The van der Waals surface area contributed by atoms with Crippen molar-refractivity contribution in [1.82, 2.24) is 0 Å². The molecule has 0 saturated carbocycles. The topological polar surface area (TPSA) is 38.7 Å². The van der Waals surface area contributed by atoms with Crippen molar-refractivity contribution < 1.29 is 22.7 Å². The van der Waals surface area contributed by atoms with E-state index >= 15 is 0 Å². The highest BCUT2D eigenvalue weighted by molar-refractivity contribution is 6.12. The number of rotatable bonds is 2. The summed E-state index contributed by atoms with van der Waals surface area (Å²) in [5.41, 5.74) is -0.553. The summed E-state index contributed by atoms with van der Waals surface area (Å²) in [7, 11) is 0. The van der Waals surface area contributed by atoms with Crippen LogP contribution in [-0.2, 0) is 15.7 Å². The normalized spacial score (nSPS) is 16.4. The summed E-state index contributed by atoms with van der Waals surface area (Å²) in [6, 6.07) is 13.6. The predicted octanol–water partition coefficient (Wildman–Crippen LogP) is 4.05. The Labute approximate surface area is 129 Å². The number of ether oxygens (including phenoxy) is 1. The minimum Gasteiger partial charge on any atom is -0.402 e. The first-order chi connectivity index (χ1) is 10.9. The maximum atomic E-state index is 13.0. The molecule has 0 saturated heterocycles. The van der Waals surface area contributed by atoms with Crippen LogP contribution in [0.1, 0.15) is 16.7 Å². The molecule has 0 radical (unpaired) electrons. The van der Waals surface area contributed by atoms with Gasteiger partial charge in [-0.1, -0.05) is 36.4 Å². The van der Waals surface area contributed by atoms with Crippen molar-refractivity contribution in [3.63, 3.8) is 0 Å². The summed E-state index contributed by atoms with van der Waals surface area (Å²) >= 11 is 0. The van der Waals surface area contributed by atoms with Crippen LogP contribution in [-0.4, -0.2) is 11.9 Å². The van der Waals surface area contributed by atoms with Crippen molar-refractivity contribution in [3.8, 4) is 0 Å². The second-order valence-corrected chi connectivity index (χ2v) is 4.79. The maximum absolute atomic E-state index is 13.0. The van der Waals surface area contributed by atoms with Gasteiger partial charge in [-0.15, -0.1) is 0 Å². The van der Waals surface area contributed by atoms with Crippen LogP contribution in [0.3, 0.4) is 0 Å². The van der Waals surface area contributed by atoms with Crippen LogP contribution >= 0.6 is 0 Å². The van der Waals surface area contributed by atoms with Crippen LogP contribution in [0.5, 0.6) is 0 Å². The number of hydrogen-bond acceptors (Lipinski definition) is 3. The van der Waals surface area contributed by atoms with Gasteiger partial charge >= 0.3 is 12.1 Å². The molecule has 0 atom stereocenters. The van der Waals surface area contributed by atoms with Crippen LogP contribution in [0.15, 0.2) is 65.3 Å². The van der Waals surface area contributed by atoms with Gasteiger partial charge in [-0.25, -0.2) is 9.79 Å². The highest BCUT2D eigenvalue weighted by Crippen LogP contribution is 2.33. The van der Waals surface area contributed by atoms with E-state index in [1.165, 1.54) is 18.2 Å². The first-order valence-corrected chi connectivity index (χ1v) is 6.69. The number of esters is 1. The van der Waals surface area contributed by atoms with Crippen LogP contribution in [0.4, 0.5) is 13.2 Å². The maximum Gasteiger partial charge on any atom is 0.416 e. The highest BCUT2D eigenvalue weighted by Gasteiger charge is 2.33. The van der Waals surface area contributed by atoms with E-state index in [4.69, 9.17) is 4.74 Å². The van der Waals surface area contributed by atoms with Crippen LogP contribution in [0.25, 0.3) is 6.08 Å². The molecule has 6 heteroatoms. The summed E-state index contributed by atoms with van der Waals surface area (Å²) in [6.45, 7) is 0. The smallest absolute Gasteiger partial charge is 0.402 e. The summed E-state index contributed by atoms with van der Waals surface area (Å²) in [6.07, 6.45) is -3.43. The van der Waals surface area contributed by atoms with E-state index in [1.807, 2.05) is 0 Å². The van der Waals surface area contributed by atoms with Crippen molar-refractivity contribution >= 4 is 17.9 Å². The Balaban J connectivity index is 2.01. The van der Waals surface area contributed by atoms with E-state index < -0.39 is 17.7 Å². The van der Waals surface area contributed by atoms with Gasteiger partial charge in [0.15, 0.2) is 5.70 Å². The predicted molar refractivity (Wildman–Crippen MR) is 78.5 cm³/mol. The van der Waals surface area contributed by atoms with Gasteiger partial charge in [0.2, 0.25) is 5.90 Å². The summed E-state index contributed by atoms with van der Waals surface area (Å²) in [5, 5.41) is 0. The number of nitrogens with zero attached hydrogens (tertiary/aromatic N) is 1. The molecule has 1 heterocycles. The fourth-order valence-electron chi connectivity index (χ4n) is 2.14. The van der Waals surface area contributed by atoms with E-state index in [2.05, 4.69) is 4.99 Å². The third kappa shape index (κ3) is 3.15. The second-order valence-electron chi connectivity index (χ2n) is 4.79. The molecule has 116 valence electrons. The number of aliphatic imine (C=N–C) groups is 1. The molecule has 0 bridgehead atoms. The summed E-state index contributed by atoms with van der Waals surface area (Å²) in [4.78, 5) is 15.8. The molecular formula is C17H10F3NO2. The highest BCUT2D eigenvalue weighted by atomic mass is 19.4. The lowest BCUT2D eigenvalue weighted by atomic mass is 10.1. The zero-order valence-corrected chi connectivity index (χ0v) is 11.7. The Morgan fingerprint density at radius 3 is 2.30 bits per heavy atom. The molecule has 0 N–H and O–H groups in total. The molecule has 0 amide bonds. The van der Waals surface area contributed by atoms with Crippen LogP contribution in [0, 0.1) is 0 Å². The number of benzene rings is 2. The van der Waals surface area contributed by atoms with E-state index in [0.29, 0.717) is 5.56 Å². The Morgan fingerprint density at radius 2 is 1.61 bits per heavy atom. The fraction of sp³-hybridized carbons (Fsp3) is 0.0588. The molecule has 1 aliphatic heterocycles. The van der Waals surface area contributed by atoms with Crippen molar-refractivity contribution in [2.75, 3.05) is 0 Å². The fourth-order valence-corrected chi connectivity index (χ4v) is 2.14. The van der Waals surface area contributed by atoms with Gasteiger partial charge in [-0.3, -0.25) is 0 Å². The molecule has 3 nitrogen and oxygen atoms in total. The summed E-state index contributed by atoms with van der Waals surface area (Å²) in [5.74, 6) is -0.702. The lowest BCUT2D eigenvalue weighted by molar-refractivity contribution is -0.137. The molecular weight excluding hydrogens is 307 g/mol. The zero-order chi connectivity index (χ0) is 16.4. The van der Waals surface area contributed by atoms with E-state index in [-0.39, 0.29) is 17.2 Å². The van der Waals surface area contributed by atoms with E-state index in [9.17, 15) is 18.0 Å². The molecule has 2 aromatic carbocycles. The van der Waals surface area contributed by atoms with Crippen LogP contribution < -0.4 is 0 Å². The number of carbonyl (C=O) groups is 1. The second kappa shape index (κ2) is 5.72. The quantitative estimate of drug-likeness (QED) is 0.619. The van der Waals surface area contributed by atoms with Crippen molar-refractivity contribution in [1.29, 1.82) is 0 Å². The standard InChI is InChI=1S/C17H10F3NO2/c18-17(19,20)13-9-5-4-8-12(13)10-14-16(22)23-15(21-14)11-6-2-1-3-7-11/h1-10H/b14-10+. The van der Waals surface area contributed by atoms with Gasteiger partial charge < -0.3 is 4.74 Å². The molecule has 0 unspecified atom stereocenters. The minimum atomic E-state index is -4.51. The zero-order valence-electron chi connectivity index (χ0n) is 11.7. The van der Waals surface area contributed by atoms with Gasteiger partial charge in [-0.05, 0) is 29.8 Å². The lowest BCUT2D eigenvalue weighted by Crippen LogP contribution is -2.08. The first-order valence-electron chi connectivity index (χ1n) is 6.69. The Morgan fingerprint density at radius 1 is 0.957 bits per heavy atom. The van der Waals surface area contributed by atoms with Crippen molar-refractivity contribution in [2.45, 2.75) is 6.18 Å². The van der Waals surface area contributed by atoms with Gasteiger partial charge in [0.25, 0.3) is 0 Å². The number of carbonyl (C=O) groups excluding carboxylic acids is 1. The monoisotopic (exact) mass is 317 g/mol. The largest absolute Gasteiger partial charge is 0.416 e. The van der Waals surface area contributed by atoms with Crippen molar-refractivity contribution in [3.05, 3.63) is 77.0 Å². The lowest BCUT2D eigenvalue weighted by Gasteiger charge is -2.09. The van der Waals surface area contributed by atoms with Crippen LogP contribution in [0.2, 0.25) is 0 Å². The molecule has 0 fully saturated rings. The van der Waals surface area contributed by atoms with Gasteiger partial charge in [0.1, 0.15) is 0 Å². The van der Waals surface area contributed by atoms with E-state index in [0.717, 1.165) is 12.1 Å². The molecule has 0 aliphatic carbocycles. The third-order valence-electron chi connectivity index (χ3n) is 3.20. The molecule has 1 aliphatic rings. The molecule has 2 aromatic rings. The van der Waals surface area contributed by atoms with Gasteiger partial charge in [-0.2, -0.15) is 13.2 Å². The summed E-state index contributed by atoms with van der Waals surface area (Å²) < 4.78 is 44.0. The van der Waals surface area contributed by atoms with Crippen molar-refractivity contribution in [2.24, 2.45) is 4.99 Å². The third-order valence-corrected chi connectivity index (χ3v) is 3.20. The SMILES string of the molecule is O=C1OC(c2ccccc2)=N/C1=C/c1ccccc1C(F)(F)F. The molecule has 23 heavy (non-hydrogen) atoms. The average Bonchev–Trinajstić information content (AvgIpc) is 2.89. The number of alkyl halides is 3. The number of cyclic esters (lactones) is 1. The molecule has 3 rings (SSSR count). The Kier molecular flexibility index (Phi) is 3.73. The minimum absolute atomic E-state index is 0.0753. The number of halogens is 3. The first kappa shape index (κ1) is 15.0. The van der Waals surface area contributed by atoms with Gasteiger partial charge in [0.05, 0.1) is 5.56 Å². The Hall–Kier alpha value is -2.89.